The first kappa shape index (κ1) is 20.4. The summed E-state index contributed by atoms with van der Waals surface area (Å²) in [6, 6.07) is 20.6. The zero-order valence-electron chi connectivity index (χ0n) is 19.5. The molecule has 35 heavy (non-hydrogen) atoms. The number of hydrogen-bond donors (Lipinski definition) is 1. The summed E-state index contributed by atoms with van der Waals surface area (Å²) in [7, 11) is 0. The number of fused-ring (bicyclic) bond motifs is 1. The summed E-state index contributed by atoms with van der Waals surface area (Å²) < 4.78 is 4.01. The number of hydrogen-bond acceptors (Lipinski definition) is 3. The summed E-state index contributed by atoms with van der Waals surface area (Å²) >= 11 is 0. The lowest BCUT2D eigenvalue weighted by molar-refractivity contribution is 0.565. The van der Waals surface area contributed by atoms with Crippen LogP contribution in [0.25, 0.3) is 44.9 Å². The molecule has 5 aromatic rings. The minimum Gasteiger partial charge on any atom is -0.337 e. The fourth-order valence-corrected chi connectivity index (χ4v) is 4.97. The van der Waals surface area contributed by atoms with Gasteiger partial charge in [0.05, 0.1) is 22.4 Å². The van der Waals surface area contributed by atoms with Gasteiger partial charge < -0.3 is 4.98 Å². The number of nitrogens with one attached hydrogen (secondary N) is 1. The monoisotopic (exact) mass is 461 g/mol. The van der Waals surface area contributed by atoms with E-state index in [1.165, 1.54) is 25.7 Å². The van der Waals surface area contributed by atoms with Crippen molar-refractivity contribution in [2.45, 2.75) is 38.8 Å². The maximum atomic E-state index is 13.4. The summed E-state index contributed by atoms with van der Waals surface area (Å²) in [6.07, 6.45) is 8.48. The Balaban J connectivity index is 1.41. The summed E-state index contributed by atoms with van der Waals surface area (Å²) in [4.78, 5) is 26.3. The van der Waals surface area contributed by atoms with E-state index in [1.54, 1.807) is 6.20 Å². The topological polar surface area (TPSA) is 68.5 Å². The quantitative estimate of drug-likeness (QED) is 0.336. The van der Waals surface area contributed by atoms with Crippen LogP contribution in [0.5, 0.6) is 0 Å². The Morgan fingerprint density at radius 1 is 0.800 bits per heavy atom. The Labute approximate surface area is 203 Å². The molecule has 0 radical (unpaired) electrons. The zero-order chi connectivity index (χ0) is 23.4. The van der Waals surface area contributed by atoms with Gasteiger partial charge in [0.15, 0.2) is 0 Å². The average Bonchev–Trinajstić information content (AvgIpc) is 3.84. The first-order valence-electron chi connectivity index (χ1n) is 12.5. The van der Waals surface area contributed by atoms with Crippen LogP contribution < -0.4 is 5.69 Å². The van der Waals surface area contributed by atoms with Gasteiger partial charge in [0.25, 0.3) is 0 Å². The SMILES string of the molecule is O=c1n(CC2CC2)c2ccc(-c3nc(-c4cccnc4)[nH]c3-c3ccccc3)cc2n1CC1CC1. The molecule has 0 spiro atoms. The van der Waals surface area contributed by atoms with Crippen molar-refractivity contribution in [1.29, 1.82) is 0 Å². The number of imidazole rings is 2. The molecule has 2 aliphatic rings. The van der Waals surface area contributed by atoms with Crippen LogP contribution in [0.4, 0.5) is 0 Å². The lowest BCUT2D eigenvalue weighted by Gasteiger charge is -2.06. The zero-order valence-corrected chi connectivity index (χ0v) is 19.5. The van der Waals surface area contributed by atoms with Gasteiger partial charge in [0, 0.05) is 42.2 Å². The molecule has 2 aromatic carbocycles. The third-order valence-electron chi connectivity index (χ3n) is 7.27. The number of aromatic amines is 1. The highest BCUT2D eigenvalue weighted by molar-refractivity contribution is 5.87. The second-order valence-corrected chi connectivity index (χ2v) is 10.0. The number of pyridine rings is 1. The van der Waals surface area contributed by atoms with E-state index in [0.717, 1.165) is 58.0 Å². The number of rotatable bonds is 7. The van der Waals surface area contributed by atoms with Crippen molar-refractivity contribution in [3.05, 3.63) is 83.5 Å². The molecule has 6 heteroatoms. The van der Waals surface area contributed by atoms with Crippen LogP contribution in [0.15, 0.2) is 77.9 Å². The van der Waals surface area contributed by atoms with E-state index < -0.39 is 0 Å². The number of benzene rings is 2. The molecular formula is C29H27N5O. The van der Waals surface area contributed by atoms with Crippen LogP contribution in [-0.2, 0) is 13.1 Å². The maximum absolute atomic E-state index is 13.4. The maximum Gasteiger partial charge on any atom is 0.329 e. The predicted molar refractivity (Wildman–Crippen MR) is 138 cm³/mol. The molecule has 0 aliphatic heterocycles. The Hall–Kier alpha value is -3.93. The van der Waals surface area contributed by atoms with Gasteiger partial charge in [-0.25, -0.2) is 9.78 Å². The molecule has 3 heterocycles. The van der Waals surface area contributed by atoms with Gasteiger partial charge in [-0.1, -0.05) is 36.4 Å². The Morgan fingerprint density at radius 2 is 1.51 bits per heavy atom. The Morgan fingerprint density at radius 3 is 2.20 bits per heavy atom. The highest BCUT2D eigenvalue weighted by Gasteiger charge is 2.28. The van der Waals surface area contributed by atoms with Crippen LogP contribution in [0.2, 0.25) is 0 Å². The van der Waals surface area contributed by atoms with Gasteiger partial charge in [-0.2, -0.15) is 0 Å². The second-order valence-electron chi connectivity index (χ2n) is 10.0. The van der Waals surface area contributed by atoms with Crippen molar-refractivity contribution in [2.24, 2.45) is 11.8 Å². The Kier molecular flexibility index (Phi) is 4.72. The second kappa shape index (κ2) is 8.08. The van der Waals surface area contributed by atoms with E-state index in [-0.39, 0.29) is 5.69 Å². The van der Waals surface area contributed by atoms with E-state index >= 15 is 0 Å². The molecule has 2 saturated carbocycles. The molecule has 0 unspecified atom stereocenters. The van der Waals surface area contributed by atoms with E-state index in [1.807, 2.05) is 45.7 Å². The molecule has 2 fully saturated rings. The van der Waals surface area contributed by atoms with E-state index in [4.69, 9.17) is 4.98 Å². The standard InChI is InChI=1S/C29H27N5O/c35-29-33(17-19-8-9-19)24-13-12-22(15-25(24)34(29)18-20-10-11-20)27-26(21-5-2-1-3-6-21)31-28(32-27)23-7-4-14-30-16-23/h1-7,12-16,19-20H,8-11,17-18H2,(H,31,32). The number of nitrogens with zero attached hydrogens (tertiary/aromatic N) is 4. The molecule has 174 valence electrons. The first-order valence-corrected chi connectivity index (χ1v) is 12.5. The third kappa shape index (κ3) is 3.79. The molecule has 0 saturated heterocycles. The highest BCUT2D eigenvalue weighted by atomic mass is 16.1. The number of H-pyrrole nitrogens is 1. The van der Waals surface area contributed by atoms with Crippen molar-refractivity contribution < 1.29 is 0 Å². The fraction of sp³-hybridized carbons (Fsp3) is 0.276. The molecule has 0 atom stereocenters. The molecule has 2 aliphatic carbocycles. The minimum atomic E-state index is 0.136. The average molecular weight is 462 g/mol. The predicted octanol–water partition coefficient (Wildman–Crippen LogP) is 5.74. The molecular weight excluding hydrogens is 434 g/mol. The summed E-state index contributed by atoms with van der Waals surface area (Å²) in [5.41, 5.74) is 7.08. The van der Waals surface area contributed by atoms with Crippen molar-refractivity contribution in [3.63, 3.8) is 0 Å². The van der Waals surface area contributed by atoms with E-state index in [2.05, 4.69) is 40.3 Å². The molecule has 1 N–H and O–H groups in total. The van der Waals surface area contributed by atoms with Crippen molar-refractivity contribution in [3.8, 4) is 33.9 Å². The van der Waals surface area contributed by atoms with Crippen molar-refractivity contribution >= 4 is 11.0 Å². The smallest absolute Gasteiger partial charge is 0.329 e. The van der Waals surface area contributed by atoms with Gasteiger partial charge in [-0.3, -0.25) is 14.1 Å². The normalized spacial score (nSPS) is 15.7. The lowest BCUT2D eigenvalue weighted by Crippen LogP contribution is -2.25. The molecule has 6 nitrogen and oxygen atoms in total. The fourth-order valence-electron chi connectivity index (χ4n) is 4.97. The third-order valence-corrected chi connectivity index (χ3v) is 7.27. The van der Waals surface area contributed by atoms with Crippen LogP contribution in [0.1, 0.15) is 25.7 Å². The van der Waals surface area contributed by atoms with Crippen LogP contribution in [0.3, 0.4) is 0 Å². The summed E-state index contributed by atoms with van der Waals surface area (Å²) in [5.74, 6) is 2.05. The van der Waals surface area contributed by atoms with Gasteiger partial charge in [-0.15, -0.1) is 0 Å². The molecule has 3 aromatic heterocycles. The van der Waals surface area contributed by atoms with Gasteiger partial charge in [0.2, 0.25) is 0 Å². The first-order chi connectivity index (χ1) is 17.2. The molecule has 0 bridgehead atoms. The molecule has 7 rings (SSSR count). The van der Waals surface area contributed by atoms with Crippen molar-refractivity contribution in [2.75, 3.05) is 0 Å². The Bertz CT molecular complexity index is 1570. The van der Waals surface area contributed by atoms with Gasteiger partial charge in [-0.05, 0) is 61.8 Å². The minimum absolute atomic E-state index is 0.136. The van der Waals surface area contributed by atoms with Gasteiger partial charge >= 0.3 is 5.69 Å². The van der Waals surface area contributed by atoms with E-state index in [9.17, 15) is 4.79 Å². The van der Waals surface area contributed by atoms with Crippen LogP contribution >= 0.6 is 0 Å². The van der Waals surface area contributed by atoms with Crippen molar-refractivity contribution in [1.82, 2.24) is 24.1 Å². The molecule has 0 amide bonds. The van der Waals surface area contributed by atoms with Crippen LogP contribution in [0, 0.1) is 11.8 Å². The van der Waals surface area contributed by atoms with Gasteiger partial charge in [0.1, 0.15) is 5.82 Å². The largest absolute Gasteiger partial charge is 0.337 e. The summed E-state index contributed by atoms with van der Waals surface area (Å²) in [6.45, 7) is 1.64. The lowest BCUT2D eigenvalue weighted by atomic mass is 10.0. The van der Waals surface area contributed by atoms with Crippen LogP contribution in [-0.4, -0.2) is 24.1 Å². The van der Waals surface area contributed by atoms with E-state index in [0.29, 0.717) is 11.8 Å². The summed E-state index contributed by atoms with van der Waals surface area (Å²) in [5, 5.41) is 0. The highest BCUT2D eigenvalue weighted by Crippen LogP contribution is 2.36. The number of aromatic nitrogens is 5.